The SMILES string of the molecule is Cc1c(Br)cccc1NC(=O)C1CCNC(C)C1. The number of anilines is 1. The van der Waals surface area contributed by atoms with Gasteiger partial charge in [-0.15, -0.1) is 0 Å². The lowest BCUT2D eigenvalue weighted by atomic mass is 9.92. The molecule has 2 rings (SSSR count). The fourth-order valence-corrected chi connectivity index (χ4v) is 2.71. The first-order valence-electron chi connectivity index (χ1n) is 6.37. The maximum absolute atomic E-state index is 12.2. The maximum atomic E-state index is 12.2. The minimum atomic E-state index is 0.125. The lowest BCUT2D eigenvalue weighted by molar-refractivity contribution is -0.120. The standard InChI is InChI=1S/C14H19BrN2O/c1-9-8-11(6-7-16-9)14(18)17-13-5-3-4-12(15)10(13)2/h3-5,9,11,16H,6-8H2,1-2H3,(H,17,18). The van der Waals surface area contributed by atoms with Gasteiger partial charge in [-0.1, -0.05) is 22.0 Å². The zero-order valence-electron chi connectivity index (χ0n) is 10.8. The van der Waals surface area contributed by atoms with Gasteiger partial charge in [0.05, 0.1) is 0 Å². The van der Waals surface area contributed by atoms with Crippen molar-refractivity contribution in [2.75, 3.05) is 11.9 Å². The number of benzene rings is 1. The Morgan fingerprint density at radius 1 is 1.50 bits per heavy atom. The number of carbonyl (C=O) groups excluding carboxylic acids is 1. The molecular weight excluding hydrogens is 292 g/mol. The second kappa shape index (κ2) is 5.85. The quantitative estimate of drug-likeness (QED) is 0.881. The van der Waals surface area contributed by atoms with E-state index in [1.807, 2.05) is 25.1 Å². The Morgan fingerprint density at radius 3 is 3.00 bits per heavy atom. The monoisotopic (exact) mass is 310 g/mol. The second-order valence-electron chi connectivity index (χ2n) is 4.98. The number of carbonyl (C=O) groups is 1. The Morgan fingerprint density at radius 2 is 2.28 bits per heavy atom. The van der Waals surface area contributed by atoms with Gasteiger partial charge in [-0.3, -0.25) is 4.79 Å². The molecule has 1 aromatic carbocycles. The Hall–Kier alpha value is -0.870. The molecule has 1 fully saturated rings. The first-order valence-corrected chi connectivity index (χ1v) is 7.16. The second-order valence-corrected chi connectivity index (χ2v) is 5.83. The highest BCUT2D eigenvalue weighted by Crippen LogP contribution is 2.25. The summed E-state index contributed by atoms with van der Waals surface area (Å²) in [5.74, 6) is 0.268. The molecule has 2 N–H and O–H groups in total. The summed E-state index contributed by atoms with van der Waals surface area (Å²) in [5.41, 5.74) is 1.98. The van der Waals surface area contributed by atoms with Gasteiger partial charge in [-0.05, 0) is 50.9 Å². The summed E-state index contributed by atoms with van der Waals surface area (Å²) >= 11 is 3.48. The van der Waals surface area contributed by atoms with E-state index >= 15 is 0 Å². The summed E-state index contributed by atoms with van der Waals surface area (Å²) < 4.78 is 1.03. The molecule has 2 atom stereocenters. The van der Waals surface area contributed by atoms with Crippen LogP contribution in [-0.2, 0) is 4.79 Å². The first-order chi connectivity index (χ1) is 8.58. The molecule has 1 aliphatic heterocycles. The Kier molecular flexibility index (Phi) is 4.40. The number of nitrogens with one attached hydrogen (secondary N) is 2. The van der Waals surface area contributed by atoms with E-state index in [9.17, 15) is 4.79 Å². The zero-order valence-corrected chi connectivity index (χ0v) is 12.4. The van der Waals surface area contributed by atoms with Crippen LogP contribution in [0.15, 0.2) is 22.7 Å². The average molecular weight is 311 g/mol. The van der Waals surface area contributed by atoms with Crippen LogP contribution in [0, 0.1) is 12.8 Å². The molecule has 2 unspecified atom stereocenters. The van der Waals surface area contributed by atoms with Gasteiger partial charge in [-0.25, -0.2) is 0 Å². The fourth-order valence-electron chi connectivity index (χ4n) is 2.35. The molecule has 1 aliphatic rings. The Bertz CT molecular complexity index is 447. The van der Waals surface area contributed by atoms with Crippen molar-refractivity contribution in [1.29, 1.82) is 0 Å². The molecule has 0 aliphatic carbocycles. The van der Waals surface area contributed by atoms with Gasteiger partial charge in [-0.2, -0.15) is 0 Å². The van der Waals surface area contributed by atoms with Crippen molar-refractivity contribution in [3.63, 3.8) is 0 Å². The third kappa shape index (κ3) is 3.12. The molecule has 4 heteroatoms. The van der Waals surface area contributed by atoms with Gasteiger partial charge < -0.3 is 10.6 Å². The summed E-state index contributed by atoms with van der Waals surface area (Å²) in [6.07, 6.45) is 1.84. The van der Waals surface area contributed by atoms with Gasteiger partial charge in [0.2, 0.25) is 5.91 Å². The summed E-state index contributed by atoms with van der Waals surface area (Å²) in [7, 11) is 0. The van der Waals surface area contributed by atoms with Crippen LogP contribution < -0.4 is 10.6 Å². The minimum absolute atomic E-state index is 0.125. The number of halogens is 1. The molecule has 98 valence electrons. The Balaban J connectivity index is 2.04. The number of hydrogen-bond donors (Lipinski definition) is 2. The Labute approximate surface area is 116 Å². The minimum Gasteiger partial charge on any atom is -0.326 e. The van der Waals surface area contributed by atoms with Crippen LogP contribution in [0.3, 0.4) is 0 Å². The van der Waals surface area contributed by atoms with E-state index in [1.54, 1.807) is 0 Å². The van der Waals surface area contributed by atoms with Crippen molar-refractivity contribution >= 4 is 27.5 Å². The van der Waals surface area contributed by atoms with Crippen LogP contribution in [0.4, 0.5) is 5.69 Å². The maximum Gasteiger partial charge on any atom is 0.227 e. The molecule has 0 spiro atoms. The van der Waals surface area contributed by atoms with Crippen molar-refractivity contribution in [2.45, 2.75) is 32.7 Å². The van der Waals surface area contributed by atoms with Crippen molar-refractivity contribution in [3.8, 4) is 0 Å². The van der Waals surface area contributed by atoms with Crippen LogP contribution in [0.25, 0.3) is 0 Å². The van der Waals surface area contributed by atoms with E-state index in [1.165, 1.54) is 0 Å². The van der Waals surface area contributed by atoms with Gasteiger partial charge in [0, 0.05) is 22.1 Å². The third-order valence-electron chi connectivity index (χ3n) is 3.52. The summed E-state index contributed by atoms with van der Waals surface area (Å²) in [5, 5.41) is 6.41. The highest BCUT2D eigenvalue weighted by Gasteiger charge is 2.24. The smallest absolute Gasteiger partial charge is 0.227 e. The molecule has 3 nitrogen and oxygen atoms in total. The lowest BCUT2D eigenvalue weighted by Crippen LogP contribution is -2.40. The average Bonchev–Trinajstić information content (AvgIpc) is 2.35. The summed E-state index contributed by atoms with van der Waals surface area (Å²) in [6, 6.07) is 6.30. The fraction of sp³-hybridized carbons (Fsp3) is 0.500. The van der Waals surface area contributed by atoms with Crippen molar-refractivity contribution < 1.29 is 4.79 Å². The van der Waals surface area contributed by atoms with E-state index in [0.717, 1.165) is 35.1 Å². The van der Waals surface area contributed by atoms with Crippen molar-refractivity contribution in [2.24, 2.45) is 5.92 Å². The highest BCUT2D eigenvalue weighted by atomic mass is 79.9. The van der Waals surface area contributed by atoms with Crippen LogP contribution in [0.5, 0.6) is 0 Å². The lowest BCUT2D eigenvalue weighted by Gasteiger charge is -2.27. The molecule has 1 aromatic rings. The molecule has 1 amide bonds. The first kappa shape index (κ1) is 13.6. The van der Waals surface area contributed by atoms with Gasteiger partial charge in [0.15, 0.2) is 0 Å². The molecular formula is C14H19BrN2O. The van der Waals surface area contributed by atoms with Gasteiger partial charge >= 0.3 is 0 Å². The molecule has 18 heavy (non-hydrogen) atoms. The summed E-state index contributed by atoms with van der Waals surface area (Å²) in [4.78, 5) is 12.2. The van der Waals surface area contributed by atoms with Gasteiger partial charge in [0.25, 0.3) is 0 Å². The zero-order chi connectivity index (χ0) is 13.1. The molecule has 1 heterocycles. The van der Waals surface area contributed by atoms with Crippen LogP contribution in [0.1, 0.15) is 25.3 Å². The highest BCUT2D eigenvalue weighted by molar-refractivity contribution is 9.10. The predicted octanol–water partition coefficient (Wildman–Crippen LogP) is 3.08. The van der Waals surface area contributed by atoms with Crippen LogP contribution in [0.2, 0.25) is 0 Å². The molecule has 1 saturated heterocycles. The largest absolute Gasteiger partial charge is 0.326 e. The van der Waals surface area contributed by atoms with E-state index < -0.39 is 0 Å². The third-order valence-corrected chi connectivity index (χ3v) is 4.38. The topological polar surface area (TPSA) is 41.1 Å². The number of amides is 1. The molecule has 0 aromatic heterocycles. The normalized spacial score (nSPS) is 23.7. The van der Waals surface area contributed by atoms with Crippen LogP contribution in [-0.4, -0.2) is 18.5 Å². The van der Waals surface area contributed by atoms with Crippen molar-refractivity contribution in [3.05, 3.63) is 28.2 Å². The number of hydrogen-bond acceptors (Lipinski definition) is 2. The molecule has 0 saturated carbocycles. The number of rotatable bonds is 2. The van der Waals surface area contributed by atoms with E-state index in [0.29, 0.717) is 6.04 Å². The van der Waals surface area contributed by atoms with E-state index in [-0.39, 0.29) is 11.8 Å². The number of piperidine rings is 1. The van der Waals surface area contributed by atoms with Crippen molar-refractivity contribution in [1.82, 2.24) is 5.32 Å². The molecule has 0 radical (unpaired) electrons. The molecule has 0 bridgehead atoms. The van der Waals surface area contributed by atoms with Gasteiger partial charge in [0.1, 0.15) is 0 Å². The summed E-state index contributed by atoms with van der Waals surface area (Å²) in [6.45, 7) is 5.06. The van der Waals surface area contributed by atoms with E-state index in [4.69, 9.17) is 0 Å². The predicted molar refractivity (Wildman–Crippen MR) is 77.7 cm³/mol. The van der Waals surface area contributed by atoms with Crippen LogP contribution >= 0.6 is 15.9 Å². The van der Waals surface area contributed by atoms with E-state index in [2.05, 4.69) is 33.5 Å².